The number of carbonyl (C=O) groups excluding carboxylic acids is 3. The van der Waals surface area contributed by atoms with Gasteiger partial charge in [0, 0.05) is 21.5 Å². The summed E-state index contributed by atoms with van der Waals surface area (Å²) in [5.74, 6) is -2.55. The molecule has 0 fully saturated rings. The molecule has 3 N–H and O–H groups in total. The van der Waals surface area contributed by atoms with Gasteiger partial charge in [-0.25, -0.2) is 9.59 Å². The van der Waals surface area contributed by atoms with E-state index < -0.39 is 23.1 Å². The summed E-state index contributed by atoms with van der Waals surface area (Å²) in [5, 5.41) is 16.7. The number of esters is 1. The Hall–Kier alpha value is -4.41. The minimum Gasteiger partial charge on any atom is -0.478 e. The van der Waals surface area contributed by atoms with Gasteiger partial charge >= 0.3 is 11.9 Å². The fraction of sp³-hybridized carbons (Fsp3) is 0.161. The average molecular weight is 589 g/mol. The molecule has 3 aromatic carbocycles. The largest absolute Gasteiger partial charge is 0.478 e. The second-order valence-corrected chi connectivity index (χ2v) is 11.3. The first-order chi connectivity index (χ1) is 19.7. The third-order valence-electron chi connectivity index (χ3n) is 6.05. The fourth-order valence-corrected chi connectivity index (χ4v) is 5.87. The molecule has 1 atom stereocenters. The van der Waals surface area contributed by atoms with Crippen molar-refractivity contribution in [3.05, 3.63) is 100 Å². The van der Waals surface area contributed by atoms with E-state index in [1.165, 1.54) is 35.2 Å². The Morgan fingerprint density at radius 2 is 1.66 bits per heavy atom. The van der Waals surface area contributed by atoms with Gasteiger partial charge in [-0.3, -0.25) is 9.59 Å². The Morgan fingerprint density at radius 3 is 2.34 bits per heavy atom. The van der Waals surface area contributed by atoms with Gasteiger partial charge in [-0.15, -0.1) is 23.1 Å². The molecule has 41 heavy (non-hydrogen) atoms. The van der Waals surface area contributed by atoms with E-state index in [4.69, 9.17) is 4.74 Å². The zero-order chi connectivity index (χ0) is 29.5. The number of aromatic carboxylic acids is 1. The number of ether oxygens (including phenoxy) is 1. The Bertz CT molecular complexity index is 1600. The second kappa shape index (κ2) is 13.3. The maximum absolute atomic E-state index is 13.2. The lowest BCUT2D eigenvalue weighted by atomic mass is 10.0. The number of nitrogens with one attached hydrogen (secondary N) is 2. The van der Waals surface area contributed by atoms with Gasteiger partial charge in [-0.05, 0) is 56.7 Å². The van der Waals surface area contributed by atoms with Crippen molar-refractivity contribution in [1.82, 2.24) is 0 Å². The molecule has 2 amide bonds. The SMILES string of the molecule is CCOC(=O)c1c(-c2ccc(C)cc2)csc1NC(=O)C(C)Sc1cccc(NC(=O)c2ccccc2C(=O)O)c1. The van der Waals surface area contributed by atoms with E-state index in [2.05, 4.69) is 10.6 Å². The van der Waals surface area contributed by atoms with Crippen molar-refractivity contribution in [2.24, 2.45) is 0 Å². The maximum atomic E-state index is 13.2. The number of carbonyl (C=O) groups is 4. The van der Waals surface area contributed by atoms with Crippen LogP contribution in [-0.2, 0) is 9.53 Å². The predicted octanol–water partition coefficient (Wildman–Crippen LogP) is 6.97. The van der Waals surface area contributed by atoms with Gasteiger partial charge in [0.25, 0.3) is 5.91 Å². The van der Waals surface area contributed by atoms with Crippen LogP contribution in [0, 0.1) is 6.92 Å². The third kappa shape index (κ3) is 7.22. The molecule has 8 nitrogen and oxygen atoms in total. The highest BCUT2D eigenvalue weighted by Gasteiger charge is 2.25. The molecule has 0 spiro atoms. The summed E-state index contributed by atoms with van der Waals surface area (Å²) in [5.41, 5.74) is 3.36. The van der Waals surface area contributed by atoms with Crippen molar-refractivity contribution in [1.29, 1.82) is 0 Å². The van der Waals surface area contributed by atoms with Crippen LogP contribution in [0.5, 0.6) is 0 Å². The molecule has 210 valence electrons. The summed E-state index contributed by atoms with van der Waals surface area (Å²) in [6.07, 6.45) is 0. The summed E-state index contributed by atoms with van der Waals surface area (Å²) >= 11 is 2.54. The van der Waals surface area contributed by atoms with Crippen LogP contribution < -0.4 is 10.6 Å². The molecule has 0 aliphatic rings. The first kappa shape index (κ1) is 29.6. The monoisotopic (exact) mass is 588 g/mol. The number of rotatable bonds is 10. The topological polar surface area (TPSA) is 122 Å². The van der Waals surface area contributed by atoms with Crippen molar-refractivity contribution < 1.29 is 29.0 Å². The van der Waals surface area contributed by atoms with Crippen LogP contribution in [0.2, 0.25) is 0 Å². The smallest absolute Gasteiger partial charge is 0.341 e. The number of hydrogen-bond donors (Lipinski definition) is 3. The molecular formula is C31H28N2O6S2. The average Bonchev–Trinajstić information content (AvgIpc) is 3.37. The molecule has 0 saturated heterocycles. The standard InChI is InChI=1S/C31H28N2O6S2/c1-4-39-31(38)26-25(20-14-12-18(2)13-15-20)17-40-29(26)33-27(34)19(3)41-22-9-7-8-21(16-22)32-28(35)23-10-5-6-11-24(23)30(36)37/h5-17,19H,4H2,1-3H3,(H,32,35)(H,33,34)(H,36,37). The van der Waals surface area contributed by atoms with E-state index in [1.807, 2.05) is 36.6 Å². The first-order valence-corrected chi connectivity index (χ1v) is 14.5. The lowest BCUT2D eigenvalue weighted by Gasteiger charge is -2.14. The number of amides is 2. The van der Waals surface area contributed by atoms with E-state index >= 15 is 0 Å². The minimum atomic E-state index is -1.19. The number of anilines is 2. The zero-order valence-electron chi connectivity index (χ0n) is 22.6. The van der Waals surface area contributed by atoms with E-state index in [9.17, 15) is 24.3 Å². The molecule has 1 unspecified atom stereocenters. The van der Waals surface area contributed by atoms with Crippen molar-refractivity contribution in [2.45, 2.75) is 30.9 Å². The quantitative estimate of drug-likeness (QED) is 0.135. The summed E-state index contributed by atoms with van der Waals surface area (Å²) < 4.78 is 5.29. The van der Waals surface area contributed by atoms with Crippen LogP contribution in [0.25, 0.3) is 11.1 Å². The molecule has 4 aromatic rings. The van der Waals surface area contributed by atoms with Crippen LogP contribution in [0.3, 0.4) is 0 Å². The Kier molecular flexibility index (Phi) is 9.59. The Balaban J connectivity index is 1.48. The fourth-order valence-electron chi connectivity index (χ4n) is 3.99. The summed E-state index contributed by atoms with van der Waals surface area (Å²) in [6, 6.07) is 20.7. The van der Waals surface area contributed by atoms with Crippen molar-refractivity contribution in [3.63, 3.8) is 0 Å². The van der Waals surface area contributed by atoms with Gasteiger partial charge in [0.15, 0.2) is 0 Å². The molecule has 0 saturated carbocycles. The summed E-state index contributed by atoms with van der Waals surface area (Å²) in [7, 11) is 0. The molecule has 0 radical (unpaired) electrons. The Labute approximate surface area is 245 Å². The number of carboxylic acids is 1. The van der Waals surface area contributed by atoms with E-state index in [1.54, 1.807) is 50.2 Å². The highest BCUT2D eigenvalue weighted by atomic mass is 32.2. The van der Waals surface area contributed by atoms with Gasteiger partial charge < -0.3 is 20.5 Å². The number of carboxylic acid groups (broad SMARTS) is 1. The number of hydrogen-bond acceptors (Lipinski definition) is 7. The number of aryl methyl sites for hydroxylation is 1. The minimum absolute atomic E-state index is 0.0455. The van der Waals surface area contributed by atoms with Gasteiger partial charge in [-0.2, -0.15) is 0 Å². The summed E-state index contributed by atoms with van der Waals surface area (Å²) in [4.78, 5) is 51.0. The van der Waals surface area contributed by atoms with Crippen LogP contribution in [0.15, 0.2) is 83.1 Å². The van der Waals surface area contributed by atoms with Gasteiger partial charge in [0.05, 0.1) is 23.0 Å². The van der Waals surface area contributed by atoms with Crippen LogP contribution >= 0.6 is 23.1 Å². The van der Waals surface area contributed by atoms with Crippen LogP contribution in [0.1, 0.15) is 50.5 Å². The lowest BCUT2D eigenvalue weighted by Crippen LogP contribution is -2.23. The molecule has 1 heterocycles. The third-order valence-corrected chi connectivity index (χ3v) is 8.04. The molecule has 0 aliphatic heterocycles. The highest BCUT2D eigenvalue weighted by Crippen LogP contribution is 2.37. The van der Waals surface area contributed by atoms with Crippen LogP contribution in [-0.4, -0.2) is 40.7 Å². The number of thiophene rings is 1. The van der Waals surface area contributed by atoms with Crippen LogP contribution in [0.4, 0.5) is 10.7 Å². The van der Waals surface area contributed by atoms with Crippen molar-refractivity contribution in [2.75, 3.05) is 17.2 Å². The normalized spacial score (nSPS) is 11.4. The van der Waals surface area contributed by atoms with Crippen molar-refractivity contribution in [3.8, 4) is 11.1 Å². The predicted molar refractivity (Wildman–Crippen MR) is 162 cm³/mol. The molecular weight excluding hydrogens is 560 g/mol. The molecule has 10 heteroatoms. The lowest BCUT2D eigenvalue weighted by molar-refractivity contribution is -0.115. The van der Waals surface area contributed by atoms with Gasteiger partial charge in [0.2, 0.25) is 5.91 Å². The number of thioether (sulfide) groups is 1. The molecule has 0 aliphatic carbocycles. The Morgan fingerprint density at radius 1 is 0.951 bits per heavy atom. The molecule has 0 bridgehead atoms. The molecule has 4 rings (SSSR count). The van der Waals surface area contributed by atoms with E-state index in [0.29, 0.717) is 26.7 Å². The second-order valence-electron chi connectivity index (χ2n) is 9.02. The van der Waals surface area contributed by atoms with Crippen molar-refractivity contribution >= 4 is 57.5 Å². The zero-order valence-corrected chi connectivity index (χ0v) is 24.2. The van der Waals surface area contributed by atoms with E-state index in [0.717, 1.165) is 11.1 Å². The summed E-state index contributed by atoms with van der Waals surface area (Å²) in [6.45, 7) is 5.66. The molecule has 1 aromatic heterocycles. The highest BCUT2D eigenvalue weighted by molar-refractivity contribution is 8.00. The van der Waals surface area contributed by atoms with E-state index in [-0.39, 0.29) is 23.6 Å². The van der Waals surface area contributed by atoms with Gasteiger partial charge in [0.1, 0.15) is 10.6 Å². The van der Waals surface area contributed by atoms with Gasteiger partial charge in [-0.1, -0.05) is 48.0 Å². The maximum Gasteiger partial charge on any atom is 0.341 e. The number of benzene rings is 3. The first-order valence-electron chi connectivity index (χ1n) is 12.7.